The lowest BCUT2D eigenvalue weighted by Crippen LogP contribution is -2.32. The molecule has 0 atom stereocenters. The summed E-state index contributed by atoms with van der Waals surface area (Å²) in [5, 5.41) is 6.29. The Labute approximate surface area is 141 Å². The first-order valence-electron chi connectivity index (χ1n) is 7.47. The highest BCUT2D eigenvalue weighted by molar-refractivity contribution is 6.30. The van der Waals surface area contributed by atoms with E-state index in [1.165, 1.54) is 5.56 Å². The second-order valence-corrected chi connectivity index (χ2v) is 5.90. The number of hydrogen-bond donors (Lipinski definition) is 2. The van der Waals surface area contributed by atoms with E-state index < -0.39 is 0 Å². The predicted octanol–water partition coefficient (Wildman–Crippen LogP) is 4.47. The summed E-state index contributed by atoms with van der Waals surface area (Å²) in [6.07, 6.45) is 0. The first-order chi connectivity index (χ1) is 11.0. The van der Waals surface area contributed by atoms with Crippen LogP contribution in [0.1, 0.15) is 16.7 Å². The minimum atomic E-state index is -0.241. The van der Waals surface area contributed by atoms with Gasteiger partial charge in [0.1, 0.15) is 12.4 Å². The molecule has 2 amide bonds. The average Bonchev–Trinajstić information content (AvgIpc) is 2.47. The number of halogens is 1. The number of carbonyl (C=O) groups is 1. The predicted molar refractivity (Wildman–Crippen MR) is 94.6 cm³/mol. The van der Waals surface area contributed by atoms with Crippen molar-refractivity contribution in [1.82, 2.24) is 5.32 Å². The van der Waals surface area contributed by atoms with Crippen LogP contribution in [0, 0.1) is 20.8 Å². The van der Waals surface area contributed by atoms with Crippen molar-refractivity contribution in [3.8, 4) is 5.75 Å². The van der Waals surface area contributed by atoms with E-state index in [1.54, 1.807) is 12.1 Å². The normalized spacial score (nSPS) is 10.3. The van der Waals surface area contributed by atoms with E-state index in [4.69, 9.17) is 16.3 Å². The monoisotopic (exact) mass is 332 g/mol. The molecule has 2 N–H and O–H groups in total. The van der Waals surface area contributed by atoms with Gasteiger partial charge in [-0.3, -0.25) is 0 Å². The number of benzene rings is 2. The summed E-state index contributed by atoms with van der Waals surface area (Å²) in [5.41, 5.74) is 4.13. The Kier molecular flexibility index (Phi) is 5.88. The Morgan fingerprint density at radius 2 is 1.83 bits per heavy atom. The number of anilines is 1. The molecule has 0 heterocycles. The molecule has 5 heteroatoms. The zero-order valence-corrected chi connectivity index (χ0v) is 14.3. The Hall–Kier alpha value is -2.20. The molecule has 0 saturated carbocycles. The zero-order valence-electron chi connectivity index (χ0n) is 13.6. The molecule has 0 saturated heterocycles. The molecule has 0 radical (unpaired) electrons. The summed E-state index contributed by atoms with van der Waals surface area (Å²) in [6, 6.07) is 11.0. The Bertz CT molecular complexity index is 678. The lowest BCUT2D eigenvalue weighted by Gasteiger charge is -2.14. The molecular formula is C18H21ClN2O2. The summed E-state index contributed by atoms with van der Waals surface area (Å²) in [5.74, 6) is 0.685. The third-order valence-corrected chi connectivity index (χ3v) is 3.60. The highest BCUT2D eigenvalue weighted by Gasteiger charge is 2.07. The number of urea groups is 1. The minimum Gasteiger partial charge on any atom is -0.492 e. The molecule has 2 rings (SSSR count). The molecule has 0 fully saturated rings. The highest BCUT2D eigenvalue weighted by atomic mass is 35.5. The number of nitrogens with one attached hydrogen (secondary N) is 2. The molecule has 0 aliphatic heterocycles. The quantitative estimate of drug-likeness (QED) is 0.794. The lowest BCUT2D eigenvalue weighted by atomic mass is 10.1. The maximum absolute atomic E-state index is 12.0. The Morgan fingerprint density at radius 1 is 1.13 bits per heavy atom. The van der Waals surface area contributed by atoms with Crippen LogP contribution < -0.4 is 15.4 Å². The minimum absolute atomic E-state index is 0.241. The molecule has 122 valence electrons. The maximum Gasteiger partial charge on any atom is 0.319 e. The number of aryl methyl sites for hydroxylation is 3. The van der Waals surface area contributed by atoms with Gasteiger partial charge in [-0.15, -0.1) is 0 Å². The third kappa shape index (κ3) is 5.18. The van der Waals surface area contributed by atoms with Crippen LogP contribution in [0.25, 0.3) is 0 Å². The van der Waals surface area contributed by atoms with Crippen LogP contribution in [-0.4, -0.2) is 19.2 Å². The van der Waals surface area contributed by atoms with Crippen molar-refractivity contribution in [2.75, 3.05) is 18.5 Å². The molecule has 0 aliphatic carbocycles. The van der Waals surface area contributed by atoms with Crippen LogP contribution >= 0.6 is 11.6 Å². The van der Waals surface area contributed by atoms with E-state index in [0.717, 1.165) is 16.8 Å². The fourth-order valence-corrected chi connectivity index (χ4v) is 2.61. The van der Waals surface area contributed by atoms with Gasteiger partial charge in [-0.25, -0.2) is 4.79 Å². The van der Waals surface area contributed by atoms with Gasteiger partial charge in [0.15, 0.2) is 0 Å². The second kappa shape index (κ2) is 7.88. The number of ether oxygens (including phenoxy) is 1. The standard InChI is InChI=1S/C18H21ClN2O2/c1-12-9-13(2)17(14(3)10-12)21-18(22)20-7-8-23-16-6-4-5-15(19)11-16/h4-6,9-11H,7-8H2,1-3H3,(H2,20,21,22). The summed E-state index contributed by atoms with van der Waals surface area (Å²) >= 11 is 5.88. The topological polar surface area (TPSA) is 50.4 Å². The maximum atomic E-state index is 12.0. The molecule has 2 aromatic rings. The van der Waals surface area contributed by atoms with Crippen LogP contribution in [0.3, 0.4) is 0 Å². The van der Waals surface area contributed by atoms with Gasteiger partial charge in [0.05, 0.1) is 6.54 Å². The van der Waals surface area contributed by atoms with Gasteiger partial charge in [0.25, 0.3) is 0 Å². The molecule has 0 unspecified atom stereocenters. The molecule has 23 heavy (non-hydrogen) atoms. The van der Waals surface area contributed by atoms with Gasteiger partial charge in [0, 0.05) is 10.7 Å². The lowest BCUT2D eigenvalue weighted by molar-refractivity contribution is 0.247. The van der Waals surface area contributed by atoms with Crippen LogP contribution in [0.2, 0.25) is 5.02 Å². The largest absolute Gasteiger partial charge is 0.492 e. The van der Waals surface area contributed by atoms with Crippen molar-refractivity contribution in [2.24, 2.45) is 0 Å². The van der Waals surface area contributed by atoms with Crippen molar-refractivity contribution in [2.45, 2.75) is 20.8 Å². The van der Waals surface area contributed by atoms with Gasteiger partial charge in [0.2, 0.25) is 0 Å². The first-order valence-corrected chi connectivity index (χ1v) is 7.84. The van der Waals surface area contributed by atoms with E-state index in [1.807, 2.05) is 45.0 Å². The molecule has 2 aromatic carbocycles. The molecule has 0 aliphatic rings. The van der Waals surface area contributed by atoms with E-state index in [-0.39, 0.29) is 6.03 Å². The van der Waals surface area contributed by atoms with E-state index in [0.29, 0.717) is 23.9 Å². The zero-order chi connectivity index (χ0) is 16.8. The van der Waals surface area contributed by atoms with E-state index in [9.17, 15) is 4.79 Å². The Morgan fingerprint density at radius 3 is 2.48 bits per heavy atom. The van der Waals surface area contributed by atoms with Gasteiger partial charge >= 0.3 is 6.03 Å². The fourth-order valence-electron chi connectivity index (χ4n) is 2.43. The van der Waals surface area contributed by atoms with Crippen LogP contribution in [-0.2, 0) is 0 Å². The van der Waals surface area contributed by atoms with E-state index in [2.05, 4.69) is 10.6 Å². The molecule has 0 bridgehead atoms. The molecular weight excluding hydrogens is 312 g/mol. The first kappa shape index (κ1) is 17.2. The van der Waals surface area contributed by atoms with Crippen molar-refractivity contribution in [3.63, 3.8) is 0 Å². The van der Waals surface area contributed by atoms with Crippen LogP contribution in [0.15, 0.2) is 36.4 Å². The molecule has 4 nitrogen and oxygen atoms in total. The summed E-state index contributed by atoms with van der Waals surface area (Å²) in [7, 11) is 0. The SMILES string of the molecule is Cc1cc(C)c(NC(=O)NCCOc2cccc(Cl)c2)c(C)c1. The number of amides is 2. The van der Waals surface area contributed by atoms with Crippen molar-refractivity contribution < 1.29 is 9.53 Å². The number of rotatable bonds is 5. The molecule has 0 aromatic heterocycles. The number of carbonyl (C=O) groups excluding carboxylic acids is 1. The average molecular weight is 333 g/mol. The van der Waals surface area contributed by atoms with Gasteiger partial charge in [-0.1, -0.05) is 35.4 Å². The van der Waals surface area contributed by atoms with Gasteiger partial charge in [-0.2, -0.15) is 0 Å². The highest BCUT2D eigenvalue weighted by Crippen LogP contribution is 2.21. The van der Waals surface area contributed by atoms with Crippen molar-refractivity contribution >= 4 is 23.3 Å². The second-order valence-electron chi connectivity index (χ2n) is 5.46. The van der Waals surface area contributed by atoms with Crippen LogP contribution in [0.4, 0.5) is 10.5 Å². The van der Waals surface area contributed by atoms with Crippen molar-refractivity contribution in [3.05, 3.63) is 58.1 Å². The summed E-state index contributed by atoms with van der Waals surface area (Å²) in [6.45, 7) is 6.79. The Balaban J connectivity index is 1.80. The van der Waals surface area contributed by atoms with Crippen molar-refractivity contribution in [1.29, 1.82) is 0 Å². The number of hydrogen-bond acceptors (Lipinski definition) is 2. The van der Waals surface area contributed by atoms with Gasteiger partial charge < -0.3 is 15.4 Å². The fraction of sp³-hybridized carbons (Fsp3) is 0.278. The summed E-state index contributed by atoms with van der Waals surface area (Å²) < 4.78 is 5.52. The van der Waals surface area contributed by atoms with E-state index >= 15 is 0 Å². The van der Waals surface area contributed by atoms with Crippen LogP contribution in [0.5, 0.6) is 5.75 Å². The summed E-state index contributed by atoms with van der Waals surface area (Å²) in [4.78, 5) is 12.0. The van der Waals surface area contributed by atoms with Gasteiger partial charge in [-0.05, 0) is 50.1 Å². The third-order valence-electron chi connectivity index (χ3n) is 3.37. The smallest absolute Gasteiger partial charge is 0.319 e. The molecule has 0 spiro atoms.